The summed E-state index contributed by atoms with van der Waals surface area (Å²) in [6.45, 7) is 0. The smallest absolute Gasteiger partial charge is 0.191 e. The molecule has 1 aliphatic carbocycles. The predicted octanol–water partition coefficient (Wildman–Crippen LogP) is 2.85. The van der Waals surface area contributed by atoms with Crippen molar-refractivity contribution in [3.05, 3.63) is 58.3 Å². The van der Waals surface area contributed by atoms with Gasteiger partial charge in [0.05, 0.1) is 23.4 Å². The van der Waals surface area contributed by atoms with E-state index in [2.05, 4.69) is 4.90 Å². The summed E-state index contributed by atoms with van der Waals surface area (Å²) in [5.41, 5.74) is 4.29. The summed E-state index contributed by atoms with van der Waals surface area (Å²) in [7, 11) is 1.92. The fourth-order valence-electron chi connectivity index (χ4n) is 5.21. The molecule has 2 N–H and O–H groups in total. The molecule has 0 radical (unpaired) electrons. The molecule has 0 unspecified atom stereocenters. The van der Waals surface area contributed by atoms with Crippen molar-refractivity contribution in [1.82, 2.24) is 4.90 Å². The van der Waals surface area contributed by atoms with Crippen molar-refractivity contribution in [3.63, 3.8) is 0 Å². The van der Waals surface area contributed by atoms with Crippen molar-refractivity contribution in [2.75, 3.05) is 7.05 Å². The highest BCUT2D eigenvalue weighted by Crippen LogP contribution is 2.58. The molecule has 7 heteroatoms. The Morgan fingerprint density at radius 1 is 1.14 bits per heavy atom. The molecular formula is C21H17F2N5. The largest absolute Gasteiger partial charge is 0.399 e. The topological polar surface area (TPSA) is 101 Å². The molecule has 5 nitrogen and oxygen atoms in total. The van der Waals surface area contributed by atoms with E-state index < -0.39 is 28.9 Å². The van der Waals surface area contributed by atoms with Crippen LogP contribution in [0.2, 0.25) is 0 Å². The van der Waals surface area contributed by atoms with Crippen LogP contribution in [0, 0.1) is 57.0 Å². The van der Waals surface area contributed by atoms with Gasteiger partial charge >= 0.3 is 0 Å². The van der Waals surface area contributed by atoms with E-state index in [1.54, 1.807) is 0 Å². The highest BCUT2D eigenvalue weighted by atomic mass is 19.1. The number of benzene rings is 1. The minimum atomic E-state index is -2.04. The van der Waals surface area contributed by atoms with Crippen molar-refractivity contribution in [2.24, 2.45) is 17.1 Å². The van der Waals surface area contributed by atoms with Gasteiger partial charge in [-0.25, -0.2) is 8.78 Å². The molecule has 0 spiro atoms. The van der Waals surface area contributed by atoms with Gasteiger partial charge in [0.15, 0.2) is 5.41 Å². The van der Waals surface area contributed by atoms with Crippen molar-refractivity contribution < 1.29 is 8.78 Å². The normalized spacial score (nSPS) is 30.6. The van der Waals surface area contributed by atoms with Crippen LogP contribution in [-0.4, -0.2) is 24.0 Å². The van der Waals surface area contributed by atoms with Gasteiger partial charge < -0.3 is 5.73 Å². The first-order valence-corrected chi connectivity index (χ1v) is 9.02. The van der Waals surface area contributed by atoms with Gasteiger partial charge in [0.1, 0.15) is 17.7 Å². The van der Waals surface area contributed by atoms with Gasteiger partial charge in [-0.3, -0.25) is 4.90 Å². The van der Waals surface area contributed by atoms with E-state index in [1.807, 2.05) is 31.3 Å². The Labute approximate surface area is 161 Å². The van der Waals surface area contributed by atoms with Crippen molar-refractivity contribution >= 4 is 0 Å². The second-order valence-electron chi connectivity index (χ2n) is 7.57. The lowest BCUT2D eigenvalue weighted by molar-refractivity contribution is 0.157. The van der Waals surface area contributed by atoms with Crippen LogP contribution in [0.15, 0.2) is 41.1 Å². The lowest BCUT2D eigenvalue weighted by atomic mass is 9.56. The molecule has 3 aliphatic rings. The third-order valence-corrected chi connectivity index (χ3v) is 6.53. The molecule has 4 atom stereocenters. The number of rotatable bonds is 1. The molecule has 4 rings (SSSR count). The SMILES string of the molecule is CN1[C@@H]2C=C3C(C#N)=C(N)C(C#N)(C#N)[C@@H](c4c(F)cccc4F)[C@H]3[C@H]1CC2. The molecule has 1 aromatic carbocycles. The number of hydrogen-bond acceptors (Lipinski definition) is 5. The van der Waals surface area contributed by atoms with Gasteiger partial charge in [0, 0.05) is 29.5 Å². The quantitative estimate of drug-likeness (QED) is 0.811. The zero-order valence-electron chi connectivity index (χ0n) is 15.2. The molecule has 28 heavy (non-hydrogen) atoms. The van der Waals surface area contributed by atoms with Gasteiger partial charge in [0.2, 0.25) is 0 Å². The maximum absolute atomic E-state index is 14.8. The summed E-state index contributed by atoms with van der Waals surface area (Å²) >= 11 is 0. The van der Waals surface area contributed by atoms with Crippen LogP contribution in [0.1, 0.15) is 24.3 Å². The lowest BCUT2D eigenvalue weighted by Crippen LogP contribution is -2.51. The number of nitriles is 3. The number of nitrogens with two attached hydrogens (primary N) is 1. The van der Waals surface area contributed by atoms with Crippen molar-refractivity contribution in [2.45, 2.75) is 30.8 Å². The maximum atomic E-state index is 14.8. The second kappa shape index (κ2) is 6.16. The van der Waals surface area contributed by atoms with Gasteiger partial charge in [-0.05, 0) is 37.6 Å². The monoisotopic (exact) mass is 377 g/mol. The van der Waals surface area contributed by atoms with Gasteiger partial charge in [-0.1, -0.05) is 12.1 Å². The second-order valence-corrected chi connectivity index (χ2v) is 7.57. The van der Waals surface area contributed by atoms with Gasteiger partial charge in [-0.2, -0.15) is 15.8 Å². The van der Waals surface area contributed by atoms with E-state index in [1.165, 1.54) is 6.07 Å². The fourth-order valence-corrected chi connectivity index (χ4v) is 5.21. The van der Waals surface area contributed by atoms with E-state index in [-0.39, 0.29) is 28.9 Å². The van der Waals surface area contributed by atoms with Crippen molar-refractivity contribution in [3.8, 4) is 18.2 Å². The van der Waals surface area contributed by atoms with Crippen LogP contribution in [0.3, 0.4) is 0 Å². The Balaban J connectivity index is 2.11. The third kappa shape index (κ3) is 2.10. The number of nitrogens with zero attached hydrogens (tertiary/aromatic N) is 4. The fraction of sp³-hybridized carbons (Fsp3) is 0.381. The molecule has 1 saturated heterocycles. The number of fused-ring (bicyclic) bond motifs is 4. The lowest BCUT2D eigenvalue weighted by Gasteiger charge is -2.48. The molecule has 1 aromatic rings. The third-order valence-electron chi connectivity index (χ3n) is 6.53. The molecule has 0 amide bonds. The van der Waals surface area contributed by atoms with Gasteiger partial charge in [-0.15, -0.1) is 0 Å². The molecule has 1 fully saturated rings. The average Bonchev–Trinajstić information content (AvgIpc) is 2.91. The molecule has 2 bridgehead atoms. The van der Waals surface area contributed by atoms with Crippen LogP contribution in [0.25, 0.3) is 0 Å². The van der Waals surface area contributed by atoms with E-state index in [0.29, 0.717) is 5.57 Å². The summed E-state index contributed by atoms with van der Waals surface area (Å²) in [4.78, 5) is 2.09. The van der Waals surface area contributed by atoms with Crippen molar-refractivity contribution in [1.29, 1.82) is 15.8 Å². The highest BCUT2D eigenvalue weighted by molar-refractivity contribution is 5.60. The van der Waals surface area contributed by atoms with Crippen LogP contribution in [0.4, 0.5) is 8.78 Å². The predicted molar refractivity (Wildman–Crippen MR) is 95.7 cm³/mol. The Morgan fingerprint density at radius 3 is 2.36 bits per heavy atom. The standard InChI is InChI=1S/C21H17F2N5/c1-28-11-5-6-16(28)17-12(7-11)13(8-24)20(27)21(9-25,10-26)19(17)18-14(22)3-2-4-15(18)23/h2-4,7,11,16-17,19H,5-6,27H2,1H3/t11-,16+,17+,19+/m0/s1. The van der Waals surface area contributed by atoms with E-state index in [0.717, 1.165) is 25.0 Å². The average molecular weight is 377 g/mol. The molecule has 2 heterocycles. The Morgan fingerprint density at radius 2 is 1.79 bits per heavy atom. The molecule has 0 aromatic heterocycles. The summed E-state index contributed by atoms with van der Waals surface area (Å²) in [6.07, 6.45) is 3.48. The Hall–Kier alpha value is -3.21. The number of likely N-dealkylation sites (N-methyl/N-ethyl adjacent to an activating group) is 1. The minimum Gasteiger partial charge on any atom is -0.399 e. The van der Waals surface area contributed by atoms with Gasteiger partial charge in [0.25, 0.3) is 0 Å². The maximum Gasteiger partial charge on any atom is 0.191 e. The van der Waals surface area contributed by atoms with Crippen LogP contribution in [0.5, 0.6) is 0 Å². The number of halogens is 2. The molecule has 140 valence electrons. The van der Waals surface area contributed by atoms with E-state index in [4.69, 9.17) is 5.73 Å². The molecular weight excluding hydrogens is 360 g/mol. The molecule has 2 aliphatic heterocycles. The first-order valence-electron chi connectivity index (χ1n) is 9.02. The number of hydrogen-bond donors (Lipinski definition) is 1. The highest BCUT2D eigenvalue weighted by Gasteiger charge is 2.59. The summed E-state index contributed by atoms with van der Waals surface area (Å²) in [6, 6.07) is 9.29. The van der Waals surface area contributed by atoms with E-state index in [9.17, 15) is 24.6 Å². The van der Waals surface area contributed by atoms with Crippen LogP contribution < -0.4 is 5.73 Å². The van der Waals surface area contributed by atoms with Crippen LogP contribution in [-0.2, 0) is 0 Å². The Kier molecular flexibility index (Phi) is 4.00. The zero-order chi connectivity index (χ0) is 20.2. The summed E-state index contributed by atoms with van der Waals surface area (Å²) in [5, 5.41) is 29.7. The Bertz CT molecular complexity index is 1020. The summed E-state index contributed by atoms with van der Waals surface area (Å²) < 4.78 is 29.7. The summed E-state index contributed by atoms with van der Waals surface area (Å²) in [5.74, 6) is -3.39. The first kappa shape index (κ1) is 18.2. The minimum absolute atomic E-state index is 0.0890. The van der Waals surface area contributed by atoms with Crippen LogP contribution >= 0.6 is 0 Å². The molecule has 0 saturated carbocycles. The first-order chi connectivity index (χ1) is 13.4. The number of allylic oxidation sites excluding steroid dienone is 2. The zero-order valence-corrected chi connectivity index (χ0v) is 15.2. The van der Waals surface area contributed by atoms with E-state index >= 15 is 0 Å².